The first-order chi connectivity index (χ1) is 18.3. The highest BCUT2D eigenvalue weighted by Gasteiger charge is 2.28. The molecule has 0 aromatic rings. The van der Waals surface area contributed by atoms with E-state index < -0.39 is 23.3 Å². The van der Waals surface area contributed by atoms with Gasteiger partial charge >= 0.3 is 5.97 Å². The predicted octanol–water partition coefficient (Wildman–Crippen LogP) is 1.30. The Balaban J connectivity index is 3.79. The zero-order chi connectivity index (χ0) is 29.7. The fraction of sp³-hybridized carbons (Fsp3) is 0.852. The smallest absolute Gasteiger partial charge is 0.326 e. The van der Waals surface area contributed by atoms with E-state index in [1.165, 1.54) is 0 Å². The lowest BCUT2D eigenvalue weighted by atomic mass is 9.81. The van der Waals surface area contributed by atoms with E-state index in [2.05, 4.69) is 36.7 Å². The minimum Gasteiger partial charge on any atom is -0.480 e. The van der Waals surface area contributed by atoms with Gasteiger partial charge in [-0.1, -0.05) is 27.2 Å². The summed E-state index contributed by atoms with van der Waals surface area (Å²) in [5.41, 5.74) is -0.464. The number of nitrogens with one attached hydrogen (secondary N) is 3. The molecule has 0 aliphatic rings. The Bertz CT molecular complexity index is 724. The van der Waals surface area contributed by atoms with Crippen molar-refractivity contribution in [1.82, 2.24) is 16.0 Å². The highest BCUT2D eigenvalue weighted by Crippen LogP contribution is 2.25. The first kappa shape index (κ1) is 36.9. The van der Waals surface area contributed by atoms with Crippen LogP contribution in [0.15, 0.2) is 0 Å². The first-order valence-corrected chi connectivity index (χ1v) is 13.7. The second kappa shape index (κ2) is 20.7. The van der Waals surface area contributed by atoms with Crippen molar-refractivity contribution >= 4 is 23.6 Å². The average Bonchev–Trinajstić information content (AvgIpc) is 2.83. The van der Waals surface area contributed by atoms with Crippen molar-refractivity contribution in [3.63, 3.8) is 0 Å². The number of hydrogen-bond acceptors (Lipinski definition) is 9. The predicted molar refractivity (Wildman–Crippen MR) is 147 cm³/mol. The summed E-state index contributed by atoms with van der Waals surface area (Å²) in [4.78, 5) is 47.6. The van der Waals surface area contributed by atoms with Crippen molar-refractivity contribution in [2.24, 2.45) is 5.41 Å². The highest BCUT2D eigenvalue weighted by molar-refractivity contribution is 5.87. The maximum atomic E-state index is 12.4. The van der Waals surface area contributed by atoms with Crippen LogP contribution in [0.4, 0.5) is 0 Å². The molecule has 0 heterocycles. The molecule has 12 nitrogen and oxygen atoms in total. The Kier molecular flexibility index (Phi) is 19.6. The van der Waals surface area contributed by atoms with Crippen molar-refractivity contribution in [3.05, 3.63) is 0 Å². The summed E-state index contributed by atoms with van der Waals surface area (Å²) < 4.78 is 21.2. The van der Waals surface area contributed by atoms with E-state index >= 15 is 0 Å². The van der Waals surface area contributed by atoms with Crippen LogP contribution in [-0.4, -0.2) is 106 Å². The largest absolute Gasteiger partial charge is 0.480 e. The van der Waals surface area contributed by atoms with Gasteiger partial charge < -0.3 is 40.0 Å². The standard InChI is InChI=1S/C27H51N3O9/c1-7-10-27(5,6)22(31)9-8-21(25(34)35)30-24(33)20-39-18-15-36-13-11-28-23(32)19-38-17-16-37-14-12-29-26(2,3)4/h21,29H,7-20H2,1-6H3,(H,28,32)(H,30,33)(H,34,35). The van der Waals surface area contributed by atoms with Crippen molar-refractivity contribution in [2.75, 3.05) is 65.9 Å². The lowest BCUT2D eigenvalue weighted by Gasteiger charge is -2.23. The molecule has 12 heteroatoms. The number of Topliss-reactive ketones (excluding diaryl/α,β-unsaturated/α-hetero) is 1. The number of carboxylic acid groups (broad SMARTS) is 1. The van der Waals surface area contributed by atoms with Crippen molar-refractivity contribution in [2.45, 2.75) is 78.8 Å². The molecule has 0 bridgehead atoms. The van der Waals surface area contributed by atoms with Gasteiger partial charge in [-0.25, -0.2) is 4.79 Å². The molecule has 0 aliphatic heterocycles. The number of rotatable bonds is 24. The molecule has 1 unspecified atom stereocenters. The first-order valence-electron chi connectivity index (χ1n) is 13.7. The van der Waals surface area contributed by atoms with E-state index in [0.717, 1.165) is 19.4 Å². The second-order valence-corrected chi connectivity index (χ2v) is 10.9. The van der Waals surface area contributed by atoms with Gasteiger partial charge in [0.05, 0.1) is 39.6 Å². The monoisotopic (exact) mass is 561 g/mol. The number of amides is 2. The molecule has 4 N–H and O–H groups in total. The molecule has 0 rings (SSSR count). The van der Waals surface area contributed by atoms with Crippen molar-refractivity contribution in [1.29, 1.82) is 0 Å². The van der Waals surface area contributed by atoms with E-state index in [1.807, 2.05) is 20.8 Å². The molecular formula is C27H51N3O9. The molecule has 0 saturated carbocycles. The Morgan fingerprint density at radius 3 is 1.85 bits per heavy atom. The van der Waals surface area contributed by atoms with Crippen molar-refractivity contribution < 1.29 is 43.2 Å². The fourth-order valence-corrected chi connectivity index (χ4v) is 3.45. The molecule has 0 aromatic heterocycles. The summed E-state index contributed by atoms with van der Waals surface area (Å²) in [5.74, 6) is -2.06. The van der Waals surface area contributed by atoms with Gasteiger partial charge in [-0.05, 0) is 33.6 Å². The van der Waals surface area contributed by atoms with Crippen LogP contribution in [0, 0.1) is 5.41 Å². The number of carboxylic acids is 1. The Morgan fingerprint density at radius 1 is 0.769 bits per heavy atom. The summed E-state index contributed by atoms with van der Waals surface area (Å²) in [7, 11) is 0. The van der Waals surface area contributed by atoms with Gasteiger partial charge in [-0.3, -0.25) is 14.4 Å². The van der Waals surface area contributed by atoms with Gasteiger partial charge in [-0.15, -0.1) is 0 Å². The minimum absolute atomic E-state index is 0.0213. The summed E-state index contributed by atoms with van der Waals surface area (Å²) in [6.45, 7) is 14.5. The van der Waals surface area contributed by atoms with Gasteiger partial charge in [-0.2, -0.15) is 0 Å². The Morgan fingerprint density at radius 2 is 1.31 bits per heavy atom. The lowest BCUT2D eigenvalue weighted by molar-refractivity contribution is -0.143. The zero-order valence-corrected chi connectivity index (χ0v) is 24.7. The van der Waals surface area contributed by atoms with Gasteiger partial charge in [0.1, 0.15) is 25.0 Å². The van der Waals surface area contributed by atoms with Crippen LogP contribution in [-0.2, 0) is 38.1 Å². The van der Waals surface area contributed by atoms with Crippen LogP contribution in [0.2, 0.25) is 0 Å². The number of carbonyl (C=O) groups is 4. The number of aliphatic carboxylic acids is 1. The van der Waals surface area contributed by atoms with Crippen molar-refractivity contribution in [3.8, 4) is 0 Å². The third kappa shape index (κ3) is 21.4. The Hall–Kier alpha value is -2.12. The molecule has 39 heavy (non-hydrogen) atoms. The quantitative estimate of drug-likeness (QED) is 0.126. The van der Waals surface area contributed by atoms with Crippen LogP contribution in [0.3, 0.4) is 0 Å². The van der Waals surface area contributed by atoms with Crippen LogP contribution in [0.25, 0.3) is 0 Å². The summed E-state index contributed by atoms with van der Waals surface area (Å²) in [6, 6.07) is -1.16. The third-order valence-corrected chi connectivity index (χ3v) is 5.60. The van der Waals surface area contributed by atoms with E-state index in [-0.39, 0.29) is 63.1 Å². The topological polar surface area (TPSA) is 162 Å². The second-order valence-electron chi connectivity index (χ2n) is 10.9. The molecule has 0 radical (unpaired) electrons. The number of ketones is 1. The van der Waals surface area contributed by atoms with Gasteiger partial charge in [0, 0.05) is 30.5 Å². The molecule has 0 aliphatic carbocycles. The van der Waals surface area contributed by atoms with Crippen LogP contribution < -0.4 is 16.0 Å². The maximum Gasteiger partial charge on any atom is 0.326 e. The SMILES string of the molecule is CCCC(C)(C)C(=O)CCC(NC(=O)COCCOCCNC(=O)COCCOCCNC(C)(C)C)C(=O)O. The highest BCUT2D eigenvalue weighted by atomic mass is 16.5. The van der Waals surface area contributed by atoms with E-state index in [1.54, 1.807) is 0 Å². The normalized spacial score (nSPS) is 12.7. The lowest BCUT2D eigenvalue weighted by Crippen LogP contribution is -2.43. The summed E-state index contributed by atoms with van der Waals surface area (Å²) >= 11 is 0. The van der Waals surface area contributed by atoms with Gasteiger partial charge in [0.25, 0.3) is 0 Å². The van der Waals surface area contributed by atoms with Gasteiger partial charge in [0.15, 0.2) is 0 Å². The van der Waals surface area contributed by atoms with Gasteiger partial charge in [0.2, 0.25) is 11.8 Å². The number of carbonyl (C=O) groups excluding carboxylic acids is 3. The number of ether oxygens (including phenoxy) is 4. The fourth-order valence-electron chi connectivity index (χ4n) is 3.45. The summed E-state index contributed by atoms with van der Waals surface area (Å²) in [6.07, 6.45) is 1.68. The summed E-state index contributed by atoms with van der Waals surface area (Å²) in [5, 5.41) is 17.7. The molecule has 0 spiro atoms. The minimum atomic E-state index is -1.20. The van der Waals surface area contributed by atoms with Crippen LogP contribution >= 0.6 is 0 Å². The molecule has 0 fully saturated rings. The molecule has 1 atom stereocenters. The molecular weight excluding hydrogens is 510 g/mol. The molecule has 2 amide bonds. The van der Waals surface area contributed by atoms with E-state index in [9.17, 15) is 24.3 Å². The van der Waals surface area contributed by atoms with Crippen LogP contribution in [0.5, 0.6) is 0 Å². The molecule has 228 valence electrons. The van der Waals surface area contributed by atoms with E-state index in [0.29, 0.717) is 26.4 Å². The van der Waals surface area contributed by atoms with Crippen LogP contribution in [0.1, 0.15) is 67.2 Å². The molecule has 0 saturated heterocycles. The Labute approximate surface area is 233 Å². The number of hydrogen-bond donors (Lipinski definition) is 4. The third-order valence-electron chi connectivity index (χ3n) is 5.60. The maximum absolute atomic E-state index is 12.4. The average molecular weight is 562 g/mol. The molecule has 0 aromatic carbocycles. The van der Waals surface area contributed by atoms with E-state index in [4.69, 9.17) is 18.9 Å². The zero-order valence-electron chi connectivity index (χ0n) is 24.7.